The molecule has 4 heteroatoms. The molecule has 3 aromatic rings. The average Bonchev–Trinajstić information content (AvgIpc) is 2.55. The Kier molecular flexibility index (Phi) is 3.51. The number of para-hydroxylation sites is 1. The molecule has 0 unspecified atom stereocenters. The number of rotatable bonds is 3. The van der Waals surface area contributed by atoms with Crippen molar-refractivity contribution in [2.75, 3.05) is 7.11 Å². The van der Waals surface area contributed by atoms with Crippen LogP contribution in [0.2, 0.25) is 0 Å². The Morgan fingerprint density at radius 3 is 2.57 bits per heavy atom. The minimum Gasteiger partial charge on any atom is -0.508 e. The molecule has 0 saturated heterocycles. The molecule has 0 atom stereocenters. The van der Waals surface area contributed by atoms with Gasteiger partial charge in [0.1, 0.15) is 11.5 Å². The third-order valence-electron chi connectivity index (χ3n) is 3.16. The SMILES string of the molecule is COc1ccccc1-c1cncc(-c2cccc(O)c2)n1. The van der Waals surface area contributed by atoms with Gasteiger partial charge in [-0.2, -0.15) is 0 Å². The van der Waals surface area contributed by atoms with Gasteiger partial charge in [-0.3, -0.25) is 4.98 Å². The van der Waals surface area contributed by atoms with E-state index in [1.165, 1.54) is 0 Å². The number of benzene rings is 2. The monoisotopic (exact) mass is 278 g/mol. The van der Waals surface area contributed by atoms with E-state index >= 15 is 0 Å². The summed E-state index contributed by atoms with van der Waals surface area (Å²) in [5, 5.41) is 9.57. The smallest absolute Gasteiger partial charge is 0.128 e. The van der Waals surface area contributed by atoms with Gasteiger partial charge in [-0.25, -0.2) is 4.98 Å². The van der Waals surface area contributed by atoms with Crippen LogP contribution in [0.15, 0.2) is 60.9 Å². The van der Waals surface area contributed by atoms with Crippen molar-refractivity contribution in [3.8, 4) is 34.0 Å². The average molecular weight is 278 g/mol. The summed E-state index contributed by atoms with van der Waals surface area (Å²) in [7, 11) is 1.63. The van der Waals surface area contributed by atoms with Crippen molar-refractivity contribution in [3.05, 3.63) is 60.9 Å². The van der Waals surface area contributed by atoms with Gasteiger partial charge in [0.15, 0.2) is 0 Å². The summed E-state index contributed by atoms with van der Waals surface area (Å²) in [5.74, 6) is 0.955. The number of phenolic OH excluding ortho intramolecular Hbond substituents is 1. The third kappa shape index (κ3) is 2.69. The molecule has 0 bridgehead atoms. The normalized spacial score (nSPS) is 10.3. The molecule has 4 nitrogen and oxygen atoms in total. The molecule has 0 radical (unpaired) electrons. The minimum absolute atomic E-state index is 0.206. The van der Waals surface area contributed by atoms with Crippen LogP contribution < -0.4 is 4.74 Å². The fourth-order valence-corrected chi connectivity index (χ4v) is 2.16. The second-order valence-corrected chi connectivity index (χ2v) is 4.54. The molecule has 0 spiro atoms. The van der Waals surface area contributed by atoms with E-state index in [0.717, 1.165) is 22.6 Å². The molecular weight excluding hydrogens is 264 g/mol. The number of aromatic nitrogens is 2. The zero-order valence-corrected chi connectivity index (χ0v) is 11.5. The first-order chi connectivity index (χ1) is 10.3. The number of phenols is 1. The van der Waals surface area contributed by atoms with Gasteiger partial charge in [-0.1, -0.05) is 24.3 Å². The van der Waals surface area contributed by atoms with Crippen LogP contribution in [-0.4, -0.2) is 22.2 Å². The van der Waals surface area contributed by atoms with Crippen molar-refractivity contribution in [1.82, 2.24) is 9.97 Å². The van der Waals surface area contributed by atoms with E-state index in [2.05, 4.69) is 9.97 Å². The fourth-order valence-electron chi connectivity index (χ4n) is 2.16. The Hall–Kier alpha value is -2.88. The molecule has 0 saturated carbocycles. The van der Waals surface area contributed by atoms with E-state index in [0.29, 0.717) is 5.69 Å². The first kappa shape index (κ1) is 13.1. The molecule has 0 aliphatic rings. The molecule has 0 amide bonds. The second-order valence-electron chi connectivity index (χ2n) is 4.54. The van der Waals surface area contributed by atoms with Gasteiger partial charge in [0, 0.05) is 11.1 Å². The lowest BCUT2D eigenvalue weighted by Gasteiger charge is -2.08. The van der Waals surface area contributed by atoms with Crippen LogP contribution in [0.3, 0.4) is 0 Å². The summed E-state index contributed by atoms with van der Waals surface area (Å²) in [6.45, 7) is 0. The molecule has 1 heterocycles. The number of nitrogens with zero attached hydrogens (tertiary/aromatic N) is 2. The summed E-state index contributed by atoms with van der Waals surface area (Å²) in [6, 6.07) is 14.6. The molecule has 0 aliphatic carbocycles. The molecule has 1 aromatic heterocycles. The molecule has 1 N–H and O–H groups in total. The molecule has 0 fully saturated rings. The maximum Gasteiger partial charge on any atom is 0.128 e. The highest BCUT2D eigenvalue weighted by Crippen LogP contribution is 2.29. The molecule has 3 rings (SSSR count). The lowest BCUT2D eigenvalue weighted by Crippen LogP contribution is -1.93. The van der Waals surface area contributed by atoms with Gasteiger partial charge in [0.2, 0.25) is 0 Å². The van der Waals surface area contributed by atoms with Crippen LogP contribution in [0.5, 0.6) is 11.5 Å². The van der Waals surface area contributed by atoms with Gasteiger partial charge in [0.25, 0.3) is 0 Å². The molecule has 2 aromatic carbocycles. The van der Waals surface area contributed by atoms with E-state index in [9.17, 15) is 5.11 Å². The van der Waals surface area contributed by atoms with Crippen LogP contribution in [0, 0.1) is 0 Å². The highest BCUT2D eigenvalue weighted by Gasteiger charge is 2.08. The van der Waals surface area contributed by atoms with Crippen molar-refractivity contribution in [2.45, 2.75) is 0 Å². The standard InChI is InChI=1S/C17H14N2O2/c1-21-17-8-3-2-7-14(17)16-11-18-10-15(19-16)12-5-4-6-13(20)9-12/h2-11,20H,1H3. The summed E-state index contributed by atoms with van der Waals surface area (Å²) in [6.07, 6.45) is 3.37. The number of aromatic hydroxyl groups is 1. The Labute approximate surface area is 122 Å². The zero-order valence-electron chi connectivity index (χ0n) is 11.5. The van der Waals surface area contributed by atoms with Crippen LogP contribution in [0.4, 0.5) is 0 Å². The predicted octanol–water partition coefficient (Wildman–Crippen LogP) is 3.52. The largest absolute Gasteiger partial charge is 0.508 e. The van der Waals surface area contributed by atoms with Gasteiger partial charge in [-0.05, 0) is 24.3 Å². The van der Waals surface area contributed by atoms with Gasteiger partial charge in [-0.15, -0.1) is 0 Å². The topological polar surface area (TPSA) is 55.2 Å². The van der Waals surface area contributed by atoms with Crippen LogP contribution in [-0.2, 0) is 0 Å². The number of methoxy groups -OCH3 is 1. The Bertz CT molecular complexity index is 772. The molecular formula is C17H14N2O2. The van der Waals surface area contributed by atoms with Gasteiger partial charge < -0.3 is 9.84 Å². The van der Waals surface area contributed by atoms with E-state index in [4.69, 9.17) is 4.74 Å². The van der Waals surface area contributed by atoms with E-state index in [-0.39, 0.29) is 5.75 Å². The fraction of sp³-hybridized carbons (Fsp3) is 0.0588. The summed E-state index contributed by atoms with van der Waals surface area (Å²) < 4.78 is 5.36. The lowest BCUT2D eigenvalue weighted by atomic mass is 10.1. The molecule has 104 valence electrons. The van der Waals surface area contributed by atoms with Crippen LogP contribution in [0.25, 0.3) is 22.5 Å². The van der Waals surface area contributed by atoms with E-state index in [1.54, 1.807) is 37.7 Å². The summed E-state index contributed by atoms with van der Waals surface area (Å²) >= 11 is 0. The zero-order chi connectivity index (χ0) is 14.7. The molecule has 0 aliphatic heterocycles. The van der Waals surface area contributed by atoms with Crippen molar-refractivity contribution in [2.24, 2.45) is 0 Å². The van der Waals surface area contributed by atoms with Crippen LogP contribution >= 0.6 is 0 Å². The highest BCUT2D eigenvalue weighted by molar-refractivity contribution is 5.69. The maximum absolute atomic E-state index is 9.57. The van der Waals surface area contributed by atoms with Crippen molar-refractivity contribution < 1.29 is 9.84 Å². The Balaban J connectivity index is 2.08. The quantitative estimate of drug-likeness (QED) is 0.796. The van der Waals surface area contributed by atoms with Crippen LogP contribution in [0.1, 0.15) is 0 Å². The van der Waals surface area contributed by atoms with Gasteiger partial charge in [0.05, 0.1) is 30.9 Å². The summed E-state index contributed by atoms with van der Waals surface area (Å²) in [4.78, 5) is 8.85. The second kappa shape index (κ2) is 5.63. The number of ether oxygens (including phenoxy) is 1. The first-order valence-corrected chi connectivity index (χ1v) is 6.53. The minimum atomic E-state index is 0.206. The lowest BCUT2D eigenvalue weighted by molar-refractivity contribution is 0.416. The predicted molar refractivity (Wildman–Crippen MR) is 81.1 cm³/mol. The first-order valence-electron chi connectivity index (χ1n) is 6.53. The van der Waals surface area contributed by atoms with Crippen molar-refractivity contribution in [3.63, 3.8) is 0 Å². The Morgan fingerprint density at radius 1 is 0.952 bits per heavy atom. The van der Waals surface area contributed by atoms with E-state index < -0.39 is 0 Å². The highest BCUT2D eigenvalue weighted by atomic mass is 16.5. The third-order valence-corrected chi connectivity index (χ3v) is 3.16. The molecule has 21 heavy (non-hydrogen) atoms. The van der Waals surface area contributed by atoms with Gasteiger partial charge >= 0.3 is 0 Å². The summed E-state index contributed by atoms with van der Waals surface area (Å²) in [5.41, 5.74) is 3.14. The van der Waals surface area contributed by atoms with Crippen molar-refractivity contribution >= 4 is 0 Å². The van der Waals surface area contributed by atoms with Crippen molar-refractivity contribution in [1.29, 1.82) is 0 Å². The number of hydrogen-bond donors (Lipinski definition) is 1. The number of hydrogen-bond acceptors (Lipinski definition) is 4. The Morgan fingerprint density at radius 2 is 1.76 bits per heavy atom. The van der Waals surface area contributed by atoms with E-state index in [1.807, 2.05) is 30.3 Å². The maximum atomic E-state index is 9.57.